The van der Waals surface area contributed by atoms with E-state index in [9.17, 15) is 4.79 Å². The van der Waals surface area contributed by atoms with Crippen LogP contribution in [0.15, 0.2) is 36.0 Å². The SMILES string of the molecule is C=C/C(=C\C(=C)Cl)N(C)C(=O)CC. The third kappa shape index (κ3) is 3.95. The number of carbonyl (C=O) groups excluding carboxylic acids is 1. The first kappa shape index (κ1) is 12.0. The maximum Gasteiger partial charge on any atom is 0.226 e. The molecular formula is C10H14ClNO. The number of carbonyl (C=O) groups is 1. The normalized spacial score (nSPS) is 10.8. The molecule has 0 spiro atoms. The van der Waals surface area contributed by atoms with Gasteiger partial charge in [-0.05, 0) is 12.2 Å². The van der Waals surface area contributed by atoms with Gasteiger partial charge in [0.1, 0.15) is 0 Å². The quantitative estimate of drug-likeness (QED) is 0.638. The molecule has 0 unspecified atom stereocenters. The van der Waals surface area contributed by atoms with E-state index in [1.807, 2.05) is 0 Å². The Morgan fingerprint density at radius 1 is 1.62 bits per heavy atom. The standard InChI is InChI=1S/C10H14ClNO/c1-5-9(7-8(3)11)12(4)10(13)6-2/h5,7H,1,3,6H2,2,4H3/b9-7+. The van der Waals surface area contributed by atoms with E-state index in [4.69, 9.17) is 11.6 Å². The number of halogens is 1. The molecule has 0 aromatic heterocycles. The Morgan fingerprint density at radius 3 is 2.46 bits per heavy atom. The molecule has 3 heteroatoms. The largest absolute Gasteiger partial charge is 0.315 e. The minimum atomic E-state index is 0.0177. The van der Waals surface area contributed by atoms with Crippen molar-refractivity contribution in [1.29, 1.82) is 0 Å². The van der Waals surface area contributed by atoms with Crippen molar-refractivity contribution < 1.29 is 4.79 Å². The molecule has 0 aliphatic heterocycles. The number of amides is 1. The van der Waals surface area contributed by atoms with E-state index in [2.05, 4.69) is 13.2 Å². The summed E-state index contributed by atoms with van der Waals surface area (Å²) in [7, 11) is 1.68. The molecule has 0 fully saturated rings. The van der Waals surface area contributed by atoms with Crippen molar-refractivity contribution in [3.05, 3.63) is 36.0 Å². The molecule has 0 aromatic carbocycles. The van der Waals surface area contributed by atoms with E-state index in [-0.39, 0.29) is 5.91 Å². The predicted octanol–water partition coefficient (Wildman–Crippen LogP) is 2.68. The molecule has 1 amide bonds. The molecule has 13 heavy (non-hydrogen) atoms. The van der Waals surface area contributed by atoms with Crippen molar-refractivity contribution in [3.8, 4) is 0 Å². The predicted molar refractivity (Wildman–Crippen MR) is 56.3 cm³/mol. The number of rotatable bonds is 4. The lowest BCUT2D eigenvalue weighted by Gasteiger charge is -2.17. The summed E-state index contributed by atoms with van der Waals surface area (Å²) < 4.78 is 0. The van der Waals surface area contributed by atoms with Crippen LogP contribution in [-0.4, -0.2) is 17.9 Å². The molecule has 0 aliphatic carbocycles. The molecule has 0 aromatic rings. The average Bonchev–Trinajstić information content (AvgIpc) is 2.11. The summed E-state index contributed by atoms with van der Waals surface area (Å²) in [6.45, 7) is 8.90. The third-order valence-electron chi connectivity index (χ3n) is 1.58. The van der Waals surface area contributed by atoms with Gasteiger partial charge in [-0.2, -0.15) is 0 Å². The topological polar surface area (TPSA) is 20.3 Å². The van der Waals surface area contributed by atoms with Gasteiger partial charge in [0, 0.05) is 24.2 Å². The van der Waals surface area contributed by atoms with Crippen molar-refractivity contribution in [3.63, 3.8) is 0 Å². The second-order valence-corrected chi connectivity index (χ2v) is 3.01. The zero-order chi connectivity index (χ0) is 10.4. The number of nitrogens with zero attached hydrogens (tertiary/aromatic N) is 1. The third-order valence-corrected chi connectivity index (χ3v) is 1.69. The summed E-state index contributed by atoms with van der Waals surface area (Å²) in [4.78, 5) is 12.8. The molecule has 72 valence electrons. The maximum absolute atomic E-state index is 11.3. The van der Waals surface area contributed by atoms with Crippen LogP contribution in [-0.2, 0) is 4.79 Å². The second kappa shape index (κ2) is 5.60. The van der Waals surface area contributed by atoms with E-state index < -0.39 is 0 Å². The summed E-state index contributed by atoms with van der Waals surface area (Å²) >= 11 is 5.59. The van der Waals surface area contributed by atoms with Gasteiger partial charge in [-0.15, -0.1) is 0 Å². The van der Waals surface area contributed by atoms with Crippen LogP contribution >= 0.6 is 11.6 Å². The van der Waals surface area contributed by atoms with Gasteiger partial charge in [-0.3, -0.25) is 4.79 Å². The fourth-order valence-electron chi connectivity index (χ4n) is 0.834. The fourth-order valence-corrected chi connectivity index (χ4v) is 0.946. The van der Waals surface area contributed by atoms with Gasteiger partial charge >= 0.3 is 0 Å². The van der Waals surface area contributed by atoms with E-state index >= 15 is 0 Å². The van der Waals surface area contributed by atoms with E-state index in [1.165, 1.54) is 4.90 Å². The Kier molecular flexibility index (Phi) is 5.16. The Balaban J connectivity index is 4.68. The highest BCUT2D eigenvalue weighted by Crippen LogP contribution is 2.10. The monoisotopic (exact) mass is 199 g/mol. The Bertz CT molecular complexity index is 256. The lowest BCUT2D eigenvalue weighted by molar-refractivity contribution is -0.127. The smallest absolute Gasteiger partial charge is 0.226 e. The summed E-state index contributed by atoms with van der Waals surface area (Å²) in [5, 5.41) is 0.380. The van der Waals surface area contributed by atoms with Crippen molar-refractivity contribution in [2.24, 2.45) is 0 Å². The first-order valence-corrected chi connectivity index (χ1v) is 4.35. The van der Waals surface area contributed by atoms with Crippen LogP contribution in [0.5, 0.6) is 0 Å². The number of hydrogen-bond donors (Lipinski definition) is 0. The molecular weight excluding hydrogens is 186 g/mol. The fraction of sp³-hybridized carbons (Fsp3) is 0.300. The van der Waals surface area contributed by atoms with Gasteiger partial charge in [0.05, 0.1) is 0 Å². The Morgan fingerprint density at radius 2 is 2.15 bits per heavy atom. The van der Waals surface area contributed by atoms with Gasteiger partial charge < -0.3 is 4.90 Å². The molecule has 0 heterocycles. The zero-order valence-electron chi connectivity index (χ0n) is 8.01. The van der Waals surface area contributed by atoms with Crippen LogP contribution in [0, 0.1) is 0 Å². The van der Waals surface area contributed by atoms with Crippen LogP contribution in [0.25, 0.3) is 0 Å². The van der Waals surface area contributed by atoms with Crippen LogP contribution < -0.4 is 0 Å². The molecule has 0 saturated carbocycles. The summed E-state index contributed by atoms with van der Waals surface area (Å²) in [6, 6.07) is 0. The maximum atomic E-state index is 11.3. The first-order chi connectivity index (χ1) is 6.02. The highest BCUT2D eigenvalue weighted by molar-refractivity contribution is 6.30. The molecule has 0 saturated heterocycles. The van der Waals surface area contributed by atoms with Crippen molar-refractivity contribution in [2.75, 3.05) is 7.05 Å². The molecule has 2 nitrogen and oxygen atoms in total. The van der Waals surface area contributed by atoms with Gasteiger partial charge in [0.2, 0.25) is 5.91 Å². The number of allylic oxidation sites excluding steroid dienone is 3. The van der Waals surface area contributed by atoms with Gasteiger partial charge in [0.25, 0.3) is 0 Å². The Hall–Kier alpha value is -1.02. The molecule has 0 N–H and O–H groups in total. The molecule has 0 aliphatic rings. The van der Waals surface area contributed by atoms with Gasteiger partial charge in [-0.1, -0.05) is 31.7 Å². The van der Waals surface area contributed by atoms with Gasteiger partial charge in [-0.25, -0.2) is 0 Å². The number of hydrogen-bond acceptors (Lipinski definition) is 1. The first-order valence-electron chi connectivity index (χ1n) is 3.98. The van der Waals surface area contributed by atoms with Crippen molar-refractivity contribution in [2.45, 2.75) is 13.3 Å². The molecule has 0 rings (SSSR count). The molecule has 0 radical (unpaired) electrons. The van der Waals surface area contributed by atoms with E-state index in [1.54, 1.807) is 26.1 Å². The molecule has 0 bridgehead atoms. The highest BCUT2D eigenvalue weighted by Gasteiger charge is 2.08. The minimum absolute atomic E-state index is 0.0177. The van der Waals surface area contributed by atoms with Crippen LogP contribution in [0.2, 0.25) is 0 Å². The van der Waals surface area contributed by atoms with Gasteiger partial charge in [0.15, 0.2) is 0 Å². The Labute approximate surface area is 84.2 Å². The van der Waals surface area contributed by atoms with Crippen molar-refractivity contribution in [1.82, 2.24) is 4.90 Å². The summed E-state index contributed by atoms with van der Waals surface area (Å²) in [5.74, 6) is 0.0177. The van der Waals surface area contributed by atoms with Crippen molar-refractivity contribution >= 4 is 17.5 Å². The summed E-state index contributed by atoms with van der Waals surface area (Å²) in [5.41, 5.74) is 0.659. The van der Waals surface area contributed by atoms with E-state index in [0.717, 1.165) is 0 Å². The lowest BCUT2D eigenvalue weighted by atomic mass is 10.3. The summed E-state index contributed by atoms with van der Waals surface area (Å²) in [6.07, 6.45) is 3.62. The average molecular weight is 200 g/mol. The van der Waals surface area contributed by atoms with Crippen LogP contribution in [0.3, 0.4) is 0 Å². The van der Waals surface area contributed by atoms with E-state index in [0.29, 0.717) is 17.2 Å². The van der Waals surface area contributed by atoms with Crippen LogP contribution in [0.4, 0.5) is 0 Å². The lowest BCUT2D eigenvalue weighted by Crippen LogP contribution is -2.24. The van der Waals surface area contributed by atoms with Crippen LogP contribution in [0.1, 0.15) is 13.3 Å². The zero-order valence-corrected chi connectivity index (χ0v) is 8.77. The molecule has 0 atom stereocenters. The minimum Gasteiger partial charge on any atom is -0.315 e. The highest BCUT2D eigenvalue weighted by atomic mass is 35.5. The number of likely N-dealkylation sites (N-methyl/N-ethyl adjacent to an activating group) is 1. The second-order valence-electron chi connectivity index (χ2n) is 2.53.